The first-order chi connectivity index (χ1) is 9.54. The lowest BCUT2D eigenvalue weighted by Gasteiger charge is -2.14. The number of nitrogens with one attached hydrogen (secondary N) is 1. The highest BCUT2D eigenvalue weighted by Crippen LogP contribution is 2.16. The summed E-state index contributed by atoms with van der Waals surface area (Å²) < 4.78 is 12.8. The van der Waals surface area contributed by atoms with Gasteiger partial charge in [0.15, 0.2) is 0 Å². The number of hydrogen-bond acceptors (Lipinski definition) is 4. The van der Waals surface area contributed by atoms with Crippen molar-refractivity contribution >= 4 is 11.5 Å². The molecule has 0 bridgehead atoms. The molecule has 1 unspecified atom stereocenters. The van der Waals surface area contributed by atoms with E-state index in [1.54, 1.807) is 12.1 Å². The smallest absolute Gasteiger partial charge is 0.274 e. The second kappa shape index (κ2) is 6.10. The average molecular weight is 275 g/mol. The maximum absolute atomic E-state index is 12.8. The topological polar surface area (TPSA) is 68.1 Å². The minimum Gasteiger partial charge on any atom is -0.367 e. The number of hydrogen-bond donors (Lipinski definition) is 1. The Hall–Kier alpha value is -2.50. The third-order valence-electron chi connectivity index (χ3n) is 2.80. The van der Waals surface area contributed by atoms with E-state index in [2.05, 4.69) is 10.3 Å². The largest absolute Gasteiger partial charge is 0.367 e. The van der Waals surface area contributed by atoms with Gasteiger partial charge in [-0.2, -0.15) is 0 Å². The van der Waals surface area contributed by atoms with Crippen molar-refractivity contribution in [2.45, 2.75) is 19.4 Å². The van der Waals surface area contributed by atoms with Crippen molar-refractivity contribution in [2.24, 2.45) is 0 Å². The van der Waals surface area contributed by atoms with Gasteiger partial charge in [0.25, 0.3) is 5.69 Å². The molecule has 2 rings (SSSR count). The number of aromatic nitrogens is 1. The molecule has 1 aromatic heterocycles. The van der Waals surface area contributed by atoms with Gasteiger partial charge in [0.05, 0.1) is 11.0 Å². The van der Waals surface area contributed by atoms with Crippen LogP contribution in [0.3, 0.4) is 0 Å². The molecule has 0 spiro atoms. The molecule has 1 N–H and O–H groups in total. The third kappa shape index (κ3) is 3.74. The molecule has 0 saturated heterocycles. The summed E-state index contributed by atoms with van der Waals surface area (Å²) in [6, 6.07) is 9.01. The highest BCUT2D eigenvalue weighted by Gasteiger charge is 2.09. The fourth-order valence-electron chi connectivity index (χ4n) is 1.89. The van der Waals surface area contributed by atoms with Gasteiger partial charge in [-0.15, -0.1) is 0 Å². The molecule has 5 nitrogen and oxygen atoms in total. The van der Waals surface area contributed by atoms with Crippen LogP contribution >= 0.6 is 0 Å². The lowest BCUT2D eigenvalue weighted by Crippen LogP contribution is -2.18. The Bertz CT molecular complexity index is 602. The molecule has 1 atom stereocenters. The molecule has 0 saturated carbocycles. The Balaban J connectivity index is 2.00. The van der Waals surface area contributed by atoms with Crippen LogP contribution < -0.4 is 5.32 Å². The fourth-order valence-corrected chi connectivity index (χ4v) is 1.89. The molecule has 104 valence electrons. The van der Waals surface area contributed by atoms with Crippen LogP contribution in [0.1, 0.15) is 12.5 Å². The quantitative estimate of drug-likeness (QED) is 0.672. The van der Waals surface area contributed by atoms with Crippen LogP contribution in [0.5, 0.6) is 0 Å². The van der Waals surface area contributed by atoms with Gasteiger partial charge in [-0.05, 0) is 31.0 Å². The average Bonchev–Trinajstić information content (AvgIpc) is 2.41. The number of halogens is 1. The fraction of sp³-hybridized carbons (Fsp3) is 0.214. The number of nitrogens with zero attached hydrogens (tertiary/aromatic N) is 2. The summed E-state index contributed by atoms with van der Waals surface area (Å²) in [6.45, 7) is 1.93. The van der Waals surface area contributed by atoms with E-state index in [0.29, 0.717) is 12.2 Å². The van der Waals surface area contributed by atoms with Crippen LogP contribution in [-0.2, 0) is 6.42 Å². The molecule has 20 heavy (non-hydrogen) atoms. The zero-order valence-electron chi connectivity index (χ0n) is 10.9. The number of nitro groups is 1. The molecular formula is C14H14FN3O2. The first-order valence-corrected chi connectivity index (χ1v) is 6.16. The lowest BCUT2D eigenvalue weighted by atomic mass is 10.1. The molecule has 6 heteroatoms. The Morgan fingerprint density at radius 1 is 1.35 bits per heavy atom. The number of rotatable bonds is 5. The van der Waals surface area contributed by atoms with Crippen LogP contribution in [0, 0.1) is 15.9 Å². The van der Waals surface area contributed by atoms with Gasteiger partial charge in [-0.25, -0.2) is 9.37 Å². The highest BCUT2D eigenvalue weighted by atomic mass is 19.1. The zero-order valence-corrected chi connectivity index (χ0v) is 10.9. The van der Waals surface area contributed by atoms with Crippen molar-refractivity contribution in [2.75, 3.05) is 5.32 Å². The molecule has 0 aliphatic carbocycles. The third-order valence-corrected chi connectivity index (χ3v) is 2.80. The minimum atomic E-state index is -0.461. The highest BCUT2D eigenvalue weighted by molar-refractivity contribution is 5.44. The molecule has 1 aromatic carbocycles. The number of anilines is 1. The van der Waals surface area contributed by atoms with Crippen LogP contribution in [0.2, 0.25) is 0 Å². The second-order valence-electron chi connectivity index (χ2n) is 4.53. The molecule has 0 aliphatic rings. The summed E-state index contributed by atoms with van der Waals surface area (Å²) in [7, 11) is 0. The Morgan fingerprint density at radius 3 is 2.70 bits per heavy atom. The maximum Gasteiger partial charge on any atom is 0.274 e. The molecule has 0 fully saturated rings. The summed E-state index contributed by atoms with van der Waals surface area (Å²) in [5, 5.41) is 13.8. The SMILES string of the molecule is CC(Cc1ccc(F)cc1)Nc1cc([N+](=O)[O-])ccn1. The van der Waals surface area contributed by atoms with E-state index in [-0.39, 0.29) is 17.5 Å². The monoisotopic (exact) mass is 275 g/mol. The van der Waals surface area contributed by atoms with Gasteiger partial charge in [0, 0.05) is 18.3 Å². The predicted octanol–water partition coefficient (Wildman–Crippen LogP) is 3.17. The first kappa shape index (κ1) is 13.9. The van der Waals surface area contributed by atoms with Gasteiger partial charge in [-0.1, -0.05) is 12.1 Å². The zero-order chi connectivity index (χ0) is 14.5. The molecule has 2 aromatic rings. The summed E-state index contributed by atoms with van der Waals surface area (Å²) >= 11 is 0. The second-order valence-corrected chi connectivity index (χ2v) is 4.53. The van der Waals surface area contributed by atoms with E-state index in [1.165, 1.54) is 30.5 Å². The van der Waals surface area contributed by atoms with Gasteiger partial charge >= 0.3 is 0 Å². The van der Waals surface area contributed by atoms with Crippen LogP contribution in [0.4, 0.5) is 15.9 Å². The molecule has 0 radical (unpaired) electrons. The van der Waals surface area contributed by atoms with E-state index in [1.807, 2.05) is 6.92 Å². The maximum atomic E-state index is 12.8. The summed E-state index contributed by atoms with van der Waals surface area (Å²) in [6.07, 6.45) is 2.07. The predicted molar refractivity (Wildman–Crippen MR) is 74.1 cm³/mol. The van der Waals surface area contributed by atoms with Crippen LogP contribution in [-0.4, -0.2) is 15.9 Å². The molecule has 1 heterocycles. The normalized spacial score (nSPS) is 11.9. The van der Waals surface area contributed by atoms with Crippen molar-refractivity contribution in [3.63, 3.8) is 0 Å². The Kier molecular flexibility index (Phi) is 4.24. The van der Waals surface area contributed by atoms with Crippen LogP contribution in [0.15, 0.2) is 42.6 Å². The van der Waals surface area contributed by atoms with Crippen LogP contribution in [0.25, 0.3) is 0 Å². The van der Waals surface area contributed by atoms with E-state index >= 15 is 0 Å². The van der Waals surface area contributed by atoms with Crippen molar-refractivity contribution in [3.05, 3.63) is 64.1 Å². The van der Waals surface area contributed by atoms with Gasteiger partial charge in [-0.3, -0.25) is 10.1 Å². The van der Waals surface area contributed by atoms with Crippen molar-refractivity contribution < 1.29 is 9.31 Å². The van der Waals surface area contributed by atoms with Gasteiger partial charge < -0.3 is 5.32 Å². The number of pyridine rings is 1. The summed E-state index contributed by atoms with van der Waals surface area (Å²) in [5.74, 6) is 0.184. The van der Waals surface area contributed by atoms with Gasteiger partial charge in [0.2, 0.25) is 0 Å². The standard InChI is InChI=1S/C14H14FN3O2/c1-10(8-11-2-4-12(15)5-3-11)17-14-9-13(18(19)20)6-7-16-14/h2-7,9-10H,8H2,1H3,(H,16,17). The van der Waals surface area contributed by atoms with Crippen molar-refractivity contribution in [1.29, 1.82) is 0 Å². The Morgan fingerprint density at radius 2 is 2.05 bits per heavy atom. The summed E-state index contributed by atoms with van der Waals surface area (Å²) in [5.41, 5.74) is 0.980. The Labute approximate surface area is 115 Å². The van der Waals surface area contributed by atoms with Gasteiger partial charge in [0.1, 0.15) is 11.6 Å². The van der Waals surface area contributed by atoms with E-state index in [0.717, 1.165) is 5.56 Å². The molecule has 0 aliphatic heterocycles. The lowest BCUT2D eigenvalue weighted by molar-refractivity contribution is -0.384. The van der Waals surface area contributed by atoms with Crippen molar-refractivity contribution in [3.8, 4) is 0 Å². The number of benzene rings is 1. The molecule has 0 amide bonds. The minimum absolute atomic E-state index is 0.00326. The van der Waals surface area contributed by atoms with E-state index in [9.17, 15) is 14.5 Å². The molecular weight excluding hydrogens is 261 g/mol. The van der Waals surface area contributed by atoms with Crippen molar-refractivity contribution in [1.82, 2.24) is 4.98 Å². The van der Waals surface area contributed by atoms with E-state index < -0.39 is 4.92 Å². The first-order valence-electron chi connectivity index (χ1n) is 6.16. The van der Waals surface area contributed by atoms with E-state index in [4.69, 9.17) is 0 Å². The summed E-state index contributed by atoms with van der Waals surface area (Å²) in [4.78, 5) is 14.3.